The first-order chi connectivity index (χ1) is 17.0. The summed E-state index contributed by atoms with van der Waals surface area (Å²) in [5.74, 6) is -0.152. The Labute approximate surface area is 212 Å². The van der Waals surface area contributed by atoms with Gasteiger partial charge in [-0.15, -0.1) is 0 Å². The van der Waals surface area contributed by atoms with Crippen LogP contribution in [0, 0.1) is 10.8 Å². The molecule has 2 aliphatic heterocycles. The third kappa shape index (κ3) is 6.85. The van der Waals surface area contributed by atoms with Crippen LogP contribution in [0.5, 0.6) is 0 Å². The monoisotopic (exact) mass is 496 g/mol. The standard InChI is InChI=1S/C14H19NO3.C14H17NO3/c2*1-14(2)8-9-15(12(14)16)13(17)18-10-11-6-4-3-5-7-11/h3-7,12,16H,8-10H2,1-2H3;3-7H,8-10H2,1-2H3. The van der Waals surface area contributed by atoms with E-state index in [0.29, 0.717) is 19.5 Å². The molecule has 2 fully saturated rings. The van der Waals surface area contributed by atoms with E-state index in [0.717, 1.165) is 17.5 Å². The molecule has 2 saturated heterocycles. The van der Waals surface area contributed by atoms with E-state index in [1.54, 1.807) is 0 Å². The lowest BCUT2D eigenvalue weighted by Crippen LogP contribution is -2.40. The fourth-order valence-electron chi connectivity index (χ4n) is 4.01. The van der Waals surface area contributed by atoms with Gasteiger partial charge in [-0.25, -0.2) is 14.5 Å². The van der Waals surface area contributed by atoms with Gasteiger partial charge in [0.2, 0.25) is 5.91 Å². The van der Waals surface area contributed by atoms with Crippen molar-refractivity contribution in [1.29, 1.82) is 0 Å². The summed E-state index contributed by atoms with van der Waals surface area (Å²) < 4.78 is 10.3. The molecule has 2 heterocycles. The van der Waals surface area contributed by atoms with E-state index in [2.05, 4.69) is 0 Å². The number of benzene rings is 2. The maximum absolute atomic E-state index is 11.9. The van der Waals surface area contributed by atoms with E-state index in [1.165, 1.54) is 9.80 Å². The SMILES string of the molecule is CC1(C)CCN(C(=O)OCc2ccccc2)C1=O.CC1(C)CCN(C(=O)OCc2ccccc2)C1O. The van der Waals surface area contributed by atoms with E-state index < -0.39 is 23.8 Å². The summed E-state index contributed by atoms with van der Waals surface area (Å²) in [5, 5.41) is 10.0. The van der Waals surface area contributed by atoms with Crippen molar-refractivity contribution in [3.05, 3.63) is 71.8 Å². The van der Waals surface area contributed by atoms with Crippen molar-refractivity contribution in [3.8, 4) is 0 Å². The molecule has 8 nitrogen and oxygen atoms in total. The van der Waals surface area contributed by atoms with Crippen LogP contribution in [0.2, 0.25) is 0 Å². The number of amides is 3. The molecule has 0 radical (unpaired) electrons. The van der Waals surface area contributed by atoms with Crippen molar-refractivity contribution < 1.29 is 29.0 Å². The van der Waals surface area contributed by atoms with Crippen LogP contribution in [0.3, 0.4) is 0 Å². The molecule has 0 saturated carbocycles. The molecule has 1 N–H and O–H groups in total. The van der Waals surface area contributed by atoms with Crippen molar-refractivity contribution in [3.63, 3.8) is 0 Å². The first kappa shape index (κ1) is 27.2. The van der Waals surface area contributed by atoms with Crippen LogP contribution in [0.4, 0.5) is 9.59 Å². The zero-order valence-electron chi connectivity index (χ0n) is 21.5. The summed E-state index contributed by atoms with van der Waals surface area (Å²) in [5.41, 5.74) is 1.15. The summed E-state index contributed by atoms with van der Waals surface area (Å²) in [6.45, 7) is 9.01. The third-order valence-corrected chi connectivity index (χ3v) is 6.64. The minimum atomic E-state index is -0.763. The molecule has 1 unspecified atom stereocenters. The van der Waals surface area contributed by atoms with Gasteiger partial charge in [-0.1, -0.05) is 88.4 Å². The van der Waals surface area contributed by atoms with E-state index in [-0.39, 0.29) is 24.5 Å². The topological polar surface area (TPSA) is 96.4 Å². The molecule has 2 aromatic rings. The Morgan fingerprint density at radius 2 is 1.33 bits per heavy atom. The summed E-state index contributed by atoms with van der Waals surface area (Å²) in [4.78, 5) is 38.2. The zero-order chi connectivity index (χ0) is 26.3. The molecule has 194 valence electrons. The van der Waals surface area contributed by atoms with Gasteiger partial charge in [0, 0.05) is 23.9 Å². The van der Waals surface area contributed by atoms with E-state index in [4.69, 9.17) is 9.47 Å². The second-order valence-electron chi connectivity index (χ2n) is 10.5. The van der Waals surface area contributed by atoms with Crippen molar-refractivity contribution in [1.82, 2.24) is 9.80 Å². The molecular formula is C28H36N2O6. The van der Waals surface area contributed by atoms with Crippen molar-refractivity contribution in [2.24, 2.45) is 10.8 Å². The van der Waals surface area contributed by atoms with Gasteiger partial charge in [0.25, 0.3) is 0 Å². The maximum atomic E-state index is 11.9. The molecule has 0 aromatic heterocycles. The maximum Gasteiger partial charge on any atom is 0.416 e. The molecule has 0 spiro atoms. The fourth-order valence-corrected chi connectivity index (χ4v) is 4.01. The normalized spacial score (nSPS) is 19.9. The molecule has 2 aromatic carbocycles. The summed E-state index contributed by atoms with van der Waals surface area (Å²) in [6, 6.07) is 18.9. The Balaban J connectivity index is 0.000000201. The largest absolute Gasteiger partial charge is 0.444 e. The van der Waals surface area contributed by atoms with Gasteiger partial charge in [-0.3, -0.25) is 9.69 Å². The van der Waals surface area contributed by atoms with Crippen molar-refractivity contribution in [2.45, 2.75) is 60.0 Å². The van der Waals surface area contributed by atoms with Crippen molar-refractivity contribution in [2.75, 3.05) is 13.1 Å². The minimum Gasteiger partial charge on any atom is -0.444 e. The van der Waals surface area contributed by atoms with E-state index >= 15 is 0 Å². The molecule has 36 heavy (non-hydrogen) atoms. The highest BCUT2D eigenvalue weighted by atomic mass is 16.6. The summed E-state index contributed by atoms with van der Waals surface area (Å²) >= 11 is 0. The molecule has 3 amide bonds. The number of carbonyl (C=O) groups is 3. The Morgan fingerprint density at radius 1 is 0.833 bits per heavy atom. The average molecular weight is 497 g/mol. The number of aliphatic hydroxyl groups excluding tert-OH is 1. The number of hydrogen-bond acceptors (Lipinski definition) is 6. The quantitative estimate of drug-likeness (QED) is 0.643. The lowest BCUT2D eigenvalue weighted by atomic mass is 9.91. The van der Waals surface area contributed by atoms with Crippen LogP contribution in [-0.4, -0.2) is 52.3 Å². The second kappa shape index (κ2) is 11.6. The van der Waals surface area contributed by atoms with E-state index in [1.807, 2.05) is 88.4 Å². The number of ether oxygens (including phenoxy) is 2. The Hall–Kier alpha value is -3.39. The summed E-state index contributed by atoms with van der Waals surface area (Å²) in [7, 11) is 0. The molecular weight excluding hydrogens is 460 g/mol. The lowest BCUT2D eigenvalue weighted by Gasteiger charge is -2.27. The highest BCUT2D eigenvalue weighted by molar-refractivity contribution is 5.96. The van der Waals surface area contributed by atoms with Gasteiger partial charge in [0.05, 0.1) is 0 Å². The van der Waals surface area contributed by atoms with Crippen LogP contribution in [0.15, 0.2) is 60.7 Å². The first-order valence-corrected chi connectivity index (χ1v) is 12.2. The van der Waals surface area contributed by atoms with E-state index in [9.17, 15) is 19.5 Å². The molecule has 4 rings (SSSR count). The average Bonchev–Trinajstić information content (AvgIpc) is 3.30. The van der Waals surface area contributed by atoms with Crippen LogP contribution < -0.4 is 0 Å². The van der Waals surface area contributed by atoms with Crippen LogP contribution in [-0.2, 0) is 27.5 Å². The van der Waals surface area contributed by atoms with Crippen molar-refractivity contribution >= 4 is 18.1 Å². The number of carbonyl (C=O) groups excluding carboxylic acids is 3. The molecule has 1 atom stereocenters. The number of hydrogen-bond donors (Lipinski definition) is 1. The van der Waals surface area contributed by atoms with Crippen LogP contribution in [0.1, 0.15) is 51.7 Å². The Kier molecular flexibility index (Phi) is 8.74. The zero-order valence-corrected chi connectivity index (χ0v) is 21.5. The second-order valence-corrected chi connectivity index (χ2v) is 10.5. The lowest BCUT2D eigenvalue weighted by molar-refractivity contribution is -0.133. The number of rotatable bonds is 4. The van der Waals surface area contributed by atoms with Crippen LogP contribution in [0.25, 0.3) is 0 Å². The van der Waals surface area contributed by atoms with Gasteiger partial charge < -0.3 is 14.6 Å². The minimum absolute atomic E-state index is 0.152. The van der Waals surface area contributed by atoms with Gasteiger partial charge in [0.1, 0.15) is 19.4 Å². The molecule has 0 aliphatic carbocycles. The number of imide groups is 1. The highest BCUT2D eigenvalue weighted by Crippen LogP contribution is 2.34. The van der Waals surface area contributed by atoms with Gasteiger partial charge >= 0.3 is 12.2 Å². The molecule has 2 aliphatic rings. The summed E-state index contributed by atoms with van der Waals surface area (Å²) in [6.07, 6.45) is -0.284. The molecule has 8 heteroatoms. The predicted molar refractivity (Wildman–Crippen MR) is 134 cm³/mol. The smallest absolute Gasteiger partial charge is 0.416 e. The number of nitrogens with zero attached hydrogens (tertiary/aromatic N) is 2. The Morgan fingerprint density at radius 3 is 1.75 bits per heavy atom. The molecule has 0 bridgehead atoms. The third-order valence-electron chi connectivity index (χ3n) is 6.64. The fraction of sp³-hybridized carbons (Fsp3) is 0.464. The van der Waals surface area contributed by atoms with Gasteiger partial charge in [0.15, 0.2) is 0 Å². The number of likely N-dealkylation sites (tertiary alicyclic amines) is 2. The number of aliphatic hydroxyl groups is 1. The first-order valence-electron chi connectivity index (χ1n) is 12.2. The Bertz CT molecular complexity index is 1040. The van der Waals surface area contributed by atoms with Gasteiger partial charge in [-0.05, 0) is 24.0 Å². The van der Waals surface area contributed by atoms with Gasteiger partial charge in [-0.2, -0.15) is 0 Å². The highest BCUT2D eigenvalue weighted by Gasteiger charge is 2.43. The van der Waals surface area contributed by atoms with Crippen LogP contribution >= 0.6 is 0 Å². The predicted octanol–water partition coefficient (Wildman–Crippen LogP) is 4.96.